The van der Waals surface area contributed by atoms with Gasteiger partial charge in [-0.05, 0) is 19.1 Å². The number of hydrogen-bond acceptors (Lipinski definition) is 5. The molecule has 0 aliphatic rings. The van der Waals surface area contributed by atoms with E-state index in [0.717, 1.165) is 16.5 Å². The SMILES string of the molecule is COc1ccc(OC)c([Si](OC)(OC)OC)c1C. The van der Waals surface area contributed by atoms with E-state index in [4.69, 9.17) is 22.8 Å². The fourth-order valence-corrected chi connectivity index (χ4v) is 4.18. The van der Waals surface area contributed by atoms with Crippen LogP contribution in [-0.4, -0.2) is 44.4 Å². The molecule has 18 heavy (non-hydrogen) atoms. The fraction of sp³-hybridized carbons (Fsp3) is 0.500. The van der Waals surface area contributed by atoms with Gasteiger partial charge in [0.15, 0.2) is 0 Å². The molecule has 0 amide bonds. The van der Waals surface area contributed by atoms with Gasteiger partial charge in [0.25, 0.3) is 0 Å². The molecule has 0 unspecified atom stereocenters. The van der Waals surface area contributed by atoms with Crippen molar-refractivity contribution in [3.8, 4) is 11.5 Å². The Hall–Kier alpha value is -1.08. The second-order valence-electron chi connectivity index (χ2n) is 3.64. The van der Waals surface area contributed by atoms with E-state index in [-0.39, 0.29) is 0 Å². The van der Waals surface area contributed by atoms with Crippen molar-refractivity contribution in [2.45, 2.75) is 6.92 Å². The minimum absolute atomic E-state index is 0.672. The molecule has 0 aliphatic heterocycles. The van der Waals surface area contributed by atoms with Crippen molar-refractivity contribution in [1.82, 2.24) is 0 Å². The van der Waals surface area contributed by atoms with Gasteiger partial charge in [0.1, 0.15) is 11.5 Å². The molecule has 0 N–H and O–H groups in total. The molecule has 1 rings (SSSR count). The monoisotopic (exact) mass is 272 g/mol. The summed E-state index contributed by atoms with van der Waals surface area (Å²) in [7, 11) is 4.97. The summed E-state index contributed by atoms with van der Waals surface area (Å²) < 4.78 is 27.2. The molecule has 0 aromatic heterocycles. The van der Waals surface area contributed by atoms with Gasteiger partial charge >= 0.3 is 8.80 Å². The highest BCUT2D eigenvalue weighted by Crippen LogP contribution is 2.25. The van der Waals surface area contributed by atoms with Gasteiger partial charge in [-0.15, -0.1) is 0 Å². The van der Waals surface area contributed by atoms with Gasteiger partial charge in [0.2, 0.25) is 0 Å². The molecule has 5 nitrogen and oxygen atoms in total. The van der Waals surface area contributed by atoms with Crippen molar-refractivity contribution < 1.29 is 22.8 Å². The van der Waals surface area contributed by atoms with E-state index in [2.05, 4.69) is 0 Å². The summed E-state index contributed by atoms with van der Waals surface area (Å²) >= 11 is 0. The third-order valence-corrected chi connectivity index (χ3v) is 5.78. The van der Waals surface area contributed by atoms with Crippen LogP contribution in [0.5, 0.6) is 11.5 Å². The molecule has 0 aliphatic carbocycles. The first-order valence-electron chi connectivity index (χ1n) is 5.47. The molecule has 0 fully saturated rings. The van der Waals surface area contributed by atoms with E-state index < -0.39 is 8.80 Å². The third-order valence-electron chi connectivity index (χ3n) is 2.93. The van der Waals surface area contributed by atoms with Crippen LogP contribution in [-0.2, 0) is 13.3 Å². The van der Waals surface area contributed by atoms with E-state index in [0.29, 0.717) is 5.75 Å². The lowest BCUT2D eigenvalue weighted by Crippen LogP contribution is -2.56. The van der Waals surface area contributed by atoms with Gasteiger partial charge in [-0.25, -0.2) is 0 Å². The Morgan fingerprint density at radius 2 is 1.22 bits per heavy atom. The summed E-state index contributed by atoms with van der Waals surface area (Å²) in [5.41, 5.74) is 0.897. The standard InChI is InChI=1S/C12H20O5Si/c1-9-10(13-2)7-8-11(14-3)12(9)18(15-4,16-5)17-6/h7-8H,1-6H3. The molecule has 0 radical (unpaired) electrons. The Bertz CT molecular complexity index is 395. The zero-order valence-corrected chi connectivity index (χ0v) is 12.7. The van der Waals surface area contributed by atoms with Crippen LogP contribution in [0.4, 0.5) is 0 Å². The number of hydrogen-bond donors (Lipinski definition) is 0. The van der Waals surface area contributed by atoms with Crippen molar-refractivity contribution in [3.63, 3.8) is 0 Å². The van der Waals surface area contributed by atoms with E-state index in [9.17, 15) is 0 Å². The topological polar surface area (TPSA) is 46.2 Å². The molecule has 0 saturated heterocycles. The first-order chi connectivity index (χ1) is 8.60. The van der Waals surface area contributed by atoms with Crippen molar-refractivity contribution in [2.75, 3.05) is 35.5 Å². The van der Waals surface area contributed by atoms with Crippen LogP contribution in [0.25, 0.3) is 0 Å². The van der Waals surface area contributed by atoms with Crippen molar-refractivity contribution in [2.24, 2.45) is 0 Å². The molecule has 1 aromatic rings. The second-order valence-corrected chi connectivity index (χ2v) is 6.48. The van der Waals surface area contributed by atoms with Crippen LogP contribution in [0.15, 0.2) is 12.1 Å². The van der Waals surface area contributed by atoms with E-state index in [1.807, 2.05) is 19.1 Å². The molecule has 0 atom stereocenters. The second kappa shape index (κ2) is 6.19. The number of benzene rings is 1. The van der Waals surface area contributed by atoms with Crippen molar-refractivity contribution in [3.05, 3.63) is 17.7 Å². The Kier molecular flexibility index (Phi) is 5.15. The summed E-state index contributed by atoms with van der Waals surface area (Å²) in [5, 5.41) is 0.789. The van der Waals surface area contributed by atoms with Crippen molar-refractivity contribution >= 4 is 14.0 Å². The van der Waals surface area contributed by atoms with Crippen LogP contribution in [0.3, 0.4) is 0 Å². The highest BCUT2D eigenvalue weighted by molar-refractivity contribution is 6.76. The van der Waals surface area contributed by atoms with Crippen LogP contribution in [0.1, 0.15) is 5.56 Å². The maximum Gasteiger partial charge on any atom is 0.540 e. The Morgan fingerprint density at radius 1 is 0.778 bits per heavy atom. The van der Waals surface area contributed by atoms with Gasteiger partial charge in [-0.3, -0.25) is 0 Å². The molecular weight excluding hydrogens is 252 g/mol. The first kappa shape index (κ1) is 15.0. The van der Waals surface area contributed by atoms with E-state index in [1.165, 1.54) is 0 Å². The van der Waals surface area contributed by atoms with Crippen LogP contribution in [0.2, 0.25) is 0 Å². The quantitative estimate of drug-likeness (QED) is 0.726. The zero-order valence-electron chi connectivity index (χ0n) is 11.7. The van der Waals surface area contributed by atoms with Crippen LogP contribution >= 0.6 is 0 Å². The smallest absolute Gasteiger partial charge is 0.497 e. The lowest BCUT2D eigenvalue weighted by Gasteiger charge is -2.28. The summed E-state index contributed by atoms with van der Waals surface area (Å²) in [6.07, 6.45) is 0. The summed E-state index contributed by atoms with van der Waals surface area (Å²) in [6.45, 7) is 1.93. The van der Waals surface area contributed by atoms with Gasteiger partial charge in [0, 0.05) is 26.9 Å². The molecule has 0 heterocycles. The predicted octanol–water partition coefficient (Wildman–Crippen LogP) is 1.10. The zero-order chi connectivity index (χ0) is 13.8. The van der Waals surface area contributed by atoms with Gasteiger partial charge < -0.3 is 22.8 Å². The maximum atomic E-state index is 5.50. The molecule has 0 saturated carbocycles. The number of ether oxygens (including phenoxy) is 2. The highest BCUT2D eigenvalue weighted by atomic mass is 28.4. The summed E-state index contributed by atoms with van der Waals surface area (Å²) in [4.78, 5) is 0. The minimum atomic E-state index is -2.96. The largest absolute Gasteiger partial charge is 0.540 e. The van der Waals surface area contributed by atoms with Gasteiger partial charge in [0.05, 0.1) is 19.4 Å². The van der Waals surface area contributed by atoms with Crippen LogP contribution < -0.4 is 14.7 Å². The molecule has 6 heteroatoms. The van der Waals surface area contributed by atoms with E-state index in [1.54, 1.807) is 35.5 Å². The van der Waals surface area contributed by atoms with Crippen LogP contribution in [0, 0.1) is 6.92 Å². The Labute approximate surface area is 109 Å². The number of methoxy groups -OCH3 is 2. The summed E-state index contributed by atoms with van der Waals surface area (Å²) in [5.74, 6) is 1.42. The normalized spacial score (nSPS) is 11.4. The fourth-order valence-electron chi connectivity index (χ4n) is 2.00. The lowest BCUT2D eigenvalue weighted by atomic mass is 10.2. The first-order valence-corrected chi connectivity index (χ1v) is 7.20. The van der Waals surface area contributed by atoms with Crippen molar-refractivity contribution in [1.29, 1.82) is 0 Å². The predicted molar refractivity (Wildman–Crippen MR) is 70.7 cm³/mol. The van der Waals surface area contributed by atoms with Gasteiger partial charge in [-0.1, -0.05) is 0 Å². The lowest BCUT2D eigenvalue weighted by molar-refractivity contribution is 0.139. The molecule has 0 spiro atoms. The maximum absolute atomic E-state index is 5.50. The molecular formula is C12H20O5Si. The highest BCUT2D eigenvalue weighted by Gasteiger charge is 2.45. The Balaban J connectivity index is 3.52. The molecule has 102 valence electrons. The summed E-state index contributed by atoms with van der Waals surface area (Å²) in [6, 6.07) is 3.66. The average molecular weight is 272 g/mol. The van der Waals surface area contributed by atoms with E-state index >= 15 is 0 Å². The third kappa shape index (κ3) is 2.37. The van der Waals surface area contributed by atoms with Gasteiger partial charge in [-0.2, -0.15) is 0 Å². The molecule has 0 bridgehead atoms. The average Bonchev–Trinajstić information content (AvgIpc) is 2.42. The Morgan fingerprint density at radius 3 is 1.61 bits per heavy atom. The molecule has 1 aromatic carbocycles. The number of rotatable bonds is 6. The minimum Gasteiger partial charge on any atom is -0.497 e.